The molecule has 0 bridgehead atoms. The molecule has 0 nitrogen and oxygen atoms in total. The minimum atomic E-state index is 0.606. The summed E-state index contributed by atoms with van der Waals surface area (Å²) in [6.45, 7) is 2.22. The van der Waals surface area contributed by atoms with Crippen LogP contribution in [0.1, 0.15) is 42.0 Å². The third-order valence-corrected chi connectivity index (χ3v) is 4.80. The molecule has 0 atom stereocenters. The number of hydrogen-bond donors (Lipinski definition) is 0. The molecule has 0 heterocycles. The maximum absolute atomic E-state index is 6.20. The first kappa shape index (κ1) is 18.5. The van der Waals surface area contributed by atoms with Crippen LogP contribution in [0.2, 0.25) is 0 Å². The zero-order valence-electron chi connectivity index (χ0n) is 15.3. The van der Waals surface area contributed by atoms with Gasteiger partial charge in [0, 0.05) is 5.88 Å². The van der Waals surface area contributed by atoms with Gasteiger partial charge >= 0.3 is 0 Å². The number of alkyl halides is 1. The molecule has 3 aromatic carbocycles. The van der Waals surface area contributed by atoms with Gasteiger partial charge in [-0.1, -0.05) is 98.3 Å². The third-order valence-electron chi connectivity index (χ3n) is 4.61. The fourth-order valence-electron chi connectivity index (χ4n) is 3.39. The minimum absolute atomic E-state index is 0.606. The van der Waals surface area contributed by atoms with Gasteiger partial charge in [-0.2, -0.15) is 0 Å². The van der Waals surface area contributed by atoms with E-state index < -0.39 is 0 Å². The number of hydrogen-bond acceptors (Lipinski definition) is 0. The largest absolute Gasteiger partial charge is 0.126 e. The van der Waals surface area contributed by atoms with Crippen LogP contribution in [0, 0.1) is 0 Å². The predicted octanol–water partition coefficient (Wildman–Crippen LogP) is 7.23. The van der Waals surface area contributed by atoms with Crippen LogP contribution < -0.4 is 0 Å². The number of rotatable bonds is 7. The third kappa shape index (κ3) is 4.45. The van der Waals surface area contributed by atoms with E-state index in [9.17, 15) is 0 Å². The predicted molar refractivity (Wildman–Crippen MR) is 115 cm³/mol. The molecule has 0 aliphatic carbocycles. The lowest BCUT2D eigenvalue weighted by atomic mass is 9.88. The van der Waals surface area contributed by atoms with Crippen molar-refractivity contribution < 1.29 is 0 Å². The summed E-state index contributed by atoms with van der Waals surface area (Å²) >= 11 is 6.20. The fraction of sp³-hybridized carbons (Fsp3) is 0.200. The second-order valence-corrected chi connectivity index (χ2v) is 6.85. The molecule has 0 saturated heterocycles. The summed E-state index contributed by atoms with van der Waals surface area (Å²) in [5, 5.41) is 0. The van der Waals surface area contributed by atoms with Crippen molar-refractivity contribution in [2.75, 3.05) is 5.88 Å². The number of halogens is 1. The van der Waals surface area contributed by atoms with Crippen molar-refractivity contribution in [3.8, 4) is 0 Å². The molecule has 132 valence electrons. The Balaban J connectivity index is 2.19. The molecule has 0 spiro atoms. The zero-order valence-corrected chi connectivity index (χ0v) is 16.0. The maximum atomic E-state index is 6.20. The van der Waals surface area contributed by atoms with Crippen molar-refractivity contribution in [3.63, 3.8) is 0 Å². The van der Waals surface area contributed by atoms with Crippen LogP contribution in [0.3, 0.4) is 0 Å². The molecule has 0 aliphatic heterocycles. The average Bonchev–Trinajstić information content (AvgIpc) is 2.70. The van der Waals surface area contributed by atoms with Crippen molar-refractivity contribution in [2.45, 2.75) is 26.2 Å². The van der Waals surface area contributed by atoms with Crippen LogP contribution >= 0.6 is 11.6 Å². The number of allylic oxidation sites excluding steroid dienone is 1. The van der Waals surface area contributed by atoms with Crippen LogP contribution in [0.4, 0.5) is 0 Å². The van der Waals surface area contributed by atoms with Gasteiger partial charge in [0.05, 0.1) is 0 Å². The quantitative estimate of drug-likeness (QED) is 0.308. The van der Waals surface area contributed by atoms with Gasteiger partial charge in [0.2, 0.25) is 0 Å². The highest BCUT2D eigenvalue weighted by atomic mass is 35.5. The summed E-state index contributed by atoms with van der Waals surface area (Å²) in [4.78, 5) is 0. The zero-order chi connectivity index (χ0) is 18.2. The van der Waals surface area contributed by atoms with Gasteiger partial charge in [-0.25, -0.2) is 0 Å². The fourth-order valence-corrected chi connectivity index (χ4v) is 3.58. The van der Waals surface area contributed by atoms with Crippen LogP contribution in [-0.4, -0.2) is 5.88 Å². The summed E-state index contributed by atoms with van der Waals surface area (Å²) in [5.74, 6) is 0.606. The van der Waals surface area contributed by atoms with Crippen molar-refractivity contribution in [1.29, 1.82) is 0 Å². The van der Waals surface area contributed by atoms with E-state index in [-0.39, 0.29) is 0 Å². The molecule has 0 unspecified atom stereocenters. The Hall–Kier alpha value is -2.31. The van der Waals surface area contributed by atoms with Gasteiger partial charge in [0.25, 0.3) is 0 Å². The highest BCUT2D eigenvalue weighted by molar-refractivity contribution is 6.18. The second kappa shape index (κ2) is 9.40. The molecule has 0 saturated carbocycles. The van der Waals surface area contributed by atoms with E-state index in [0.717, 1.165) is 12.8 Å². The summed E-state index contributed by atoms with van der Waals surface area (Å²) in [6.07, 6.45) is 3.13. The van der Waals surface area contributed by atoms with Crippen LogP contribution in [0.5, 0.6) is 0 Å². The molecule has 0 amide bonds. The van der Waals surface area contributed by atoms with E-state index in [2.05, 4.69) is 91.9 Å². The van der Waals surface area contributed by atoms with E-state index >= 15 is 0 Å². The molecular weight excluding hydrogens is 336 g/mol. The lowest BCUT2D eigenvalue weighted by Gasteiger charge is -2.17. The lowest BCUT2D eigenvalue weighted by molar-refractivity contribution is 0.922. The molecule has 26 heavy (non-hydrogen) atoms. The first-order valence-electron chi connectivity index (χ1n) is 9.32. The van der Waals surface area contributed by atoms with Crippen molar-refractivity contribution in [1.82, 2.24) is 0 Å². The molecule has 0 aromatic heterocycles. The normalized spacial score (nSPS) is 11.9. The van der Waals surface area contributed by atoms with Crippen LogP contribution in [-0.2, 0) is 6.42 Å². The molecule has 0 fully saturated rings. The molecular formula is C25H25Cl. The standard InChI is InChI=1S/C25H25Cl/c1-2-9-20-14-16-23(17-15-20)25(22-12-7-4-8-13-22)24(18-19-26)21-10-5-3-6-11-21/h3-8,10-17H,2,9,18-19H2,1H3/b25-24-. The van der Waals surface area contributed by atoms with E-state index in [1.807, 2.05) is 0 Å². The van der Waals surface area contributed by atoms with Crippen LogP contribution in [0.25, 0.3) is 11.1 Å². The van der Waals surface area contributed by atoms with Gasteiger partial charge in [0.1, 0.15) is 0 Å². The highest BCUT2D eigenvalue weighted by Crippen LogP contribution is 2.34. The van der Waals surface area contributed by atoms with Crippen LogP contribution in [0.15, 0.2) is 84.9 Å². The highest BCUT2D eigenvalue weighted by Gasteiger charge is 2.13. The van der Waals surface area contributed by atoms with Crippen molar-refractivity contribution in [2.24, 2.45) is 0 Å². The van der Waals surface area contributed by atoms with Gasteiger partial charge in [0.15, 0.2) is 0 Å². The first-order chi connectivity index (χ1) is 12.8. The molecule has 0 radical (unpaired) electrons. The monoisotopic (exact) mass is 360 g/mol. The Morgan fingerprint density at radius 2 is 1.23 bits per heavy atom. The van der Waals surface area contributed by atoms with Gasteiger partial charge < -0.3 is 0 Å². The van der Waals surface area contributed by atoms with E-state index in [0.29, 0.717) is 5.88 Å². The minimum Gasteiger partial charge on any atom is -0.126 e. The summed E-state index contributed by atoms with van der Waals surface area (Å²) < 4.78 is 0. The topological polar surface area (TPSA) is 0 Å². The Bertz CT molecular complexity index is 830. The Morgan fingerprint density at radius 1 is 0.692 bits per heavy atom. The summed E-state index contributed by atoms with van der Waals surface area (Å²) in [7, 11) is 0. The average molecular weight is 361 g/mol. The SMILES string of the molecule is CCCc1ccc(/C(=C(/CCCl)c2ccccc2)c2ccccc2)cc1. The number of benzene rings is 3. The van der Waals surface area contributed by atoms with E-state index in [1.54, 1.807) is 0 Å². The first-order valence-corrected chi connectivity index (χ1v) is 9.86. The Labute approximate surface area is 162 Å². The van der Waals surface area contributed by atoms with E-state index in [1.165, 1.54) is 39.8 Å². The molecule has 0 aliphatic rings. The maximum Gasteiger partial charge on any atom is 0.0264 e. The molecule has 0 N–H and O–H groups in total. The summed E-state index contributed by atoms with van der Waals surface area (Å²) in [5.41, 5.74) is 7.70. The molecule has 3 rings (SSSR count). The molecule has 3 aromatic rings. The van der Waals surface area contributed by atoms with Gasteiger partial charge in [-0.05, 0) is 46.2 Å². The Kier molecular flexibility index (Phi) is 6.68. The summed E-state index contributed by atoms with van der Waals surface area (Å²) in [6, 6.07) is 30.3. The van der Waals surface area contributed by atoms with E-state index in [4.69, 9.17) is 11.6 Å². The molecule has 1 heteroatoms. The van der Waals surface area contributed by atoms with Gasteiger partial charge in [-0.15, -0.1) is 11.6 Å². The van der Waals surface area contributed by atoms with Gasteiger partial charge in [-0.3, -0.25) is 0 Å². The number of aryl methyl sites for hydroxylation is 1. The smallest absolute Gasteiger partial charge is 0.0264 e. The van der Waals surface area contributed by atoms with Crippen molar-refractivity contribution >= 4 is 22.7 Å². The lowest BCUT2D eigenvalue weighted by Crippen LogP contribution is -1.97. The van der Waals surface area contributed by atoms with Crippen molar-refractivity contribution in [3.05, 3.63) is 107 Å². The second-order valence-electron chi connectivity index (χ2n) is 6.47. The Morgan fingerprint density at radius 3 is 1.77 bits per heavy atom.